The molecule has 0 aromatic heterocycles. The molecule has 7 heteroatoms. The number of halogens is 6. The van der Waals surface area contributed by atoms with Gasteiger partial charge in [0.1, 0.15) is 0 Å². The lowest BCUT2D eigenvalue weighted by Crippen LogP contribution is -2.48. The van der Waals surface area contributed by atoms with Gasteiger partial charge >= 0.3 is 6.18 Å². The molecule has 0 radical (unpaired) electrons. The lowest BCUT2D eigenvalue weighted by atomic mass is 9.85. The number of rotatable bonds is 7. The zero-order valence-electron chi connectivity index (χ0n) is 20.9. The molecule has 38 heavy (non-hydrogen) atoms. The van der Waals surface area contributed by atoms with E-state index in [-0.39, 0.29) is 17.0 Å². The monoisotopic (exact) mass is 545 g/mol. The van der Waals surface area contributed by atoms with Gasteiger partial charge in [-0.2, -0.15) is 13.2 Å². The van der Waals surface area contributed by atoms with Crippen LogP contribution in [-0.4, -0.2) is 31.0 Å². The number of nitrogens with zero attached hydrogens (tertiary/aromatic N) is 1. The molecule has 3 aromatic rings. The van der Waals surface area contributed by atoms with Crippen molar-refractivity contribution in [2.24, 2.45) is 5.92 Å². The second-order valence-electron chi connectivity index (χ2n) is 10.2. The summed E-state index contributed by atoms with van der Waals surface area (Å²) in [6.45, 7) is 2.05. The van der Waals surface area contributed by atoms with Gasteiger partial charge in [-0.1, -0.05) is 72.3 Å². The van der Waals surface area contributed by atoms with Gasteiger partial charge in [-0.25, -0.2) is 8.78 Å². The molecule has 1 nitrogen and oxygen atoms in total. The minimum Gasteiger partial charge on any atom is -0.302 e. The molecular formula is C31H29ClF5N. The molecule has 0 saturated carbocycles. The van der Waals surface area contributed by atoms with E-state index in [9.17, 15) is 22.0 Å². The smallest absolute Gasteiger partial charge is 0.302 e. The van der Waals surface area contributed by atoms with E-state index < -0.39 is 18.2 Å². The Kier molecular flexibility index (Phi) is 7.92. The van der Waals surface area contributed by atoms with Gasteiger partial charge < -0.3 is 4.90 Å². The van der Waals surface area contributed by atoms with Crippen molar-refractivity contribution in [1.82, 2.24) is 4.90 Å². The van der Waals surface area contributed by atoms with E-state index in [1.807, 2.05) is 53.4 Å². The fraction of sp³-hybridized carbons (Fsp3) is 0.355. The molecule has 3 aromatic carbocycles. The number of likely N-dealkylation sites (tertiary alicyclic amines) is 1. The fourth-order valence-corrected chi connectivity index (χ4v) is 6.08. The third-order valence-corrected chi connectivity index (χ3v) is 7.86. The van der Waals surface area contributed by atoms with Crippen LogP contribution < -0.4 is 0 Å². The molecule has 0 bridgehead atoms. The van der Waals surface area contributed by atoms with Crippen molar-refractivity contribution in [2.75, 3.05) is 19.6 Å². The quantitative estimate of drug-likeness (QED) is 0.268. The zero-order chi connectivity index (χ0) is 26.9. The Morgan fingerprint density at radius 1 is 0.868 bits per heavy atom. The Balaban J connectivity index is 1.50. The average molecular weight is 546 g/mol. The Labute approximate surface area is 224 Å². The molecule has 0 unspecified atom stereocenters. The van der Waals surface area contributed by atoms with Crippen molar-refractivity contribution in [3.05, 3.63) is 105 Å². The van der Waals surface area contributed by atoms with Crippen molar-refractivity contribution in [2.45, 2.75) is 44.7 Å². The zero-order valence-corrected chi connectivity index (χ0v) is 21.6. The highest BCUT2D eigenvalue weighted by Gasteiger charge is 2.37. The van der Waals surface area contributed by atoms with Crippen LogP contribution in [0, 0.1) is 5.92 Å². The highest BCUT2D eigenvalue weighted by molar-refractivity contribution is 6.31. The third-order valence-electron chi connectivity index (χ3n) is 7.55. The first-order valence-corrected chi connectivity index (χ1v) is 13.4. The minimum absolute atomic E-state index is 0.0942. The second kappa shape index (κ2) is 11.2. The predicted molar refractivity (Wildman–Crippen MR) is 142 cm³/mol. The molecule has 1 aliphatic carbocycles. The molecule has 0 N–H and O–H groups in total. The van der Waals surface area contributed by atoms with E-state index >= 15 is 0 Å². The van der Waals surface area contributed by atoms with Gasteiger partial charge in [-0.15, -0.1) is 0 Å². The van der Waals surface area contributed by atoms with E-state index in [1.165, 1.54) is 12.1 Å². The van der Waals surface area contributed by atoms with Crippen LogP contribution in [0.2, 0.25) is 5.02 Å². The minimum atomic E-state index is -4.58. The molecule has 5 rings (SSSR count). The normalized spacial score (nSPS) is 16.9. The molecule has 1 heterocycles. The van der Waals surface area contributed by atoms with E-state index in [2.05, 4.69) is 0 Å². The Bertz CT molecular complexity index is 1310. The number of hydrogen-bond acceptors (Lipinski definition) is 1. The van der Waals surface area contributed by atoms with Gasteiger partial charge in [0.15, 0.2) is 0 Å². The van der Waals surface area contributed by atoms with E-state index in [4.69, 9.17) is 11.6 Å². The lowest BCUT2D eigenvalue weighted by molar-refractivity contribution is -0.137. The van der Waals surface area contributed by atoms with E-state index in [0.717, 1.165) is 60.2 Å². The molecule has 0 amide bonds. The maximum Gasteiger partial charge on any atom is 0.418 e. The summed E-state index contributed by atoms with van der Waals surface area (Å²) < 4.78 is 67.4. The predicted octanol–water partition coefficient (Wildman–Crippen LogP) is 8.78. The summed E-state index contributed by atoms with van der Waals surface area (Å²) >= 11 is 6.12. The van der Waals surface area contributed by atoms with Gasteiger partial charge in [0.05, 0.1) is 10.6 Å². The molecule has 200 valence electrons. The van der Waals surface area contributed by atoms with Crippen LogP contribution in [0.15, 0.2) is 66.7 Å². The second-order valence-corrected chi connectivity index (χ2v) is 10.6. The maximum atomic E-state index is 14.2. The maximum absolute atomic E-state index is 14.2. The van der Waals surface area contributed by atoms with Crippen LogP contribution in [0.25, 0.3) is 11.1 Å². The van der Waals surface area contributed by atoms with Crippen molar-refractivity contribution < 1.29 is 22.0 Å². The first kappa shape index (κ1) is 26.9. The van der Waals surface area contributed by atoms with Gasteiger partial charge in [-0.3, -0.25) is 0 Å². The largest absolute Gasteiger partial charge is 0.418 e. The Hall–Kier alpha value is -2.70. The lowest BCUT2D eigenvalue weighted by Gasteiger charge is -2.39. The Morgan fingerprint density at radius 3 is 2.29 bits per heavy atom. The molecule has 1 aliphatic heterocycles. The summed E-state index contributed by atoms with van der Waals surface area (Å²) in [6, 6.07) is 20.4. The van der Waals surface area contributed by atoms with Crippen LogP contribution >= 0.6 is 11.6 Å². The topological polar surface area (TPSA) is 3.24 Å². The number of fused-ring (bicyclic) bond motifs is 1. The van der Waals surface area contributed by atoms with Crippen molar-refractivity contribution in [3.8, 4) is 0 Å². The van der Waals surface area contributed by atoms with Crippen molar-refractivity contribution in [1.29, 1.82) is 0 Å². The van der Waals surface area contributed by atoms with E-state index in [1.54, 1.807) is 6.07 Å². The average Bonchev–Trinajstić information content (AvgIpc) is 3.04. The summed E-state index contributed by atoms with van der Waals surface area (Å²) in [7, 11) is 0. The number of alkyl halides is 5. The van der Waals surface area contributed by atoms with Crippen LogP contribution in [0.3, 0.4) is 0 Å². The SMILES string of the molecule is FC(F)CCN1CC(Cc2ccc(C3=C(c4cccc(Cl)c4C(F)(F)F)CCCc4ccccc43)cc2)C1. The fourth-order valence-electron chi connectivity index (χ4n) is 5.80. The first-order valence-electron chi connectivity index (χ1n) is 13.0. The number of aryl methyl sites for hydroxylation is 1. The summed E-state index contributed by atoms with van der Waals surface area (Å²) in [5.74, 6) is 0.424. The van der Waals surface area contributed by atoms with Crippen LogP contribution in [0.5, 0.6) is 0 Å². The molecule has 1 saturated heterocycles. The first-order chi connectivity index (χ1) is 18.2. The van der Waals surface area contributed by atoms with Gasteiger partial charge in [-0.05, 0) is 76.6 Å². The molecule has 0 atom stereocenters. The van der Waals surface area contributed by atoms with Crippen molar-refractivity contribution >= 4 is 22.7 Å². The summed E-state index contributed by atoms with van der Waals surface area (Å²) in [5, 5.41) is -0.294. The van der Waals surface area contributed by atoms with Gasteiger partial charge in [0, 0.05) is 26.1 Å². The highest BCUT2D eigenvalue weighted by Crippen LogP contribution is 2.46. The number of allylic oxidation sites excluding steroid dienone is 1. The third kappa shape index (κ3) is 5.81. The molecule has 1 fully saturated rings. The summed E-state index contributed by atoms with van der Waals surface area (Å²) in [5.41, 5.74) is 4.91. The van der Waals surface area contributed by atoms with Gasteiger partial charge in [0.2, 0.25) is 6.43 Å². The number of hydrogen-bond donors (Lipinski definition) is 0. The molecule has 0 spiro atoms. The van der Waals surface area contributed by atoms with Crippen LogP contribution in [-0.2, 0) is 19.0 Å². The Morgan fingerprint density at radius 2 is 1.58 bits per heavy atom. The van der Waals surface area contributed by atoms with Crippen LogP contribution in [0.1, 0.15) is 52.6 Å². The molecular weight excluding hydrogens is 517 g/mol. The standard InChI is InChI=1S/C31H29ClF5N/c32-27-10-4-9-26(30(27)31(35,36)37)25-8-3-6-22-5-1-2-7-24(22)29(25)23-13-11-20(12-14-23)17-21-18-38(19-21)16-15-28(33)34/h1-2,4-5,7,9-14,21,28H,3,6,8,15-19H2. The summed E-state index contributed by atoms with van der Waals surface area (Å²) in [4.78, 5) is 2.05. The summed E-state index contributed by atoms with van der Waals surface area (Å²) in [6.07, 6.45) is -4.06. The van der Waals surface area contributed by atoms with Crippen LogP contribution in [0.4, 0.5) is 22.0 Å². The van der Waals surface area contributed by atoms with Gasteiger partial charge in [0.25, 0.3) is 0 Å². The number of benzene rings is 3. The van der Waals surface area contributed by atoms with Crippen molar-refractivity contribution in [3.63, 3.8) is 0 Å². The molecule has 2 aliphatic rings. The van der Waals surface area contributed by atoms with E-state index in [0.29, 0.717) is 24.5 Å². The highest BCUT2D eigenvalue weighted by atomic mass is 35.5.